The highest BCUT2D eigenvalue weighted by atomic mass is 32.1. The van der Waals surface area contributed by atoms with E-state index in [-0.39, 0.29) is 11.8 Å². The van der Waals surface area contributed by atoms with Gasteiger partial charge in [-0.15, -0.1) is 11.3 Å². The number of anilines is 1. The fourth-order valence-electron chi connectivity index (χ4n) is 3.47. The number of carbonyl (C=O) groups excluding carboxylic acids is 2. The van der Waals surface area contributed by atoms with Gasteiger partial charge in [0.05, 0.1) is 17.2 Å². The predicted octanol–water partition coefficient (Wildman–Crippen LogP) is 3.42. The van der Waals surface area contributed by atoms with Crippen molar-refractivity contribution in [2.24, 2.45) is 0 Å². The van der Waals surface area contributed by atoms with Gasteiger partial charge in [-0.1, -0.05) is 12.1 Å². The minimum absolute atomic E-state index is 0.0666. The Morgan fingerprint density at radius 2 is 1.93 bits per heavy atom. The summed E-state index contributed by atoms with van der Waals surface area (Å²) in [6.07, 6.45) is 0. The van der Waals surface area contributed by atoms with E-state index in [0.717, 1.165) is 27.7 Å². The van der Waals surface area contributed by atoms with Gasteiger partial charge in [0.15, 0.2) is 5.76 Å². The smallest absolute Gasteiger partial charge is 0.289 e. The fraction of sp³-hybridized carbons (Fsp3) is 0.318. The van der Waals surface area contributed by atoms with Crippen LogP contribution in [-0.2, 0) is 4.79 Å². The first-order valence-electron chi connectivity index (χ1n) is 9.88. The molecule has 1 aromatic carbocycles. The minimum atomic E-state index is -0.0960. The fourth-order valence-corrected chi connectivity index (χ4v) is 4.09. The minimum Gasteiger partial charge on any atom is -0.456 e. The Morgan fingerprint density at radius 1 is 1.13 bits per heavy atom. The van der Waals surface area contributed by atoms with Gasteiger partial charge in [-0.2, -0.15) is 0 Å². The largest absolute Gasteiger partial charge is 0.456 e. The van der Waals surface area contributed by atoms with Crippen molar-refractivity contribution in [1.29, 1.82) is 0 Å². The summed E-state index contributed by atoms with van der Waals surface area (Å²) >= 11 is 1.61. The van der Waals surface area contributed by atoms with Gasteiger partial charge in [-0.05, 0) is 38.1 Å². The number of amides is 2. The lowest BCUT2D eigenvalue weighted by Crippen LogP contribution is -2.50. The number of aryl methyl sites for hydroxylation is 2. The first-order valence-corrected chi connectivity index (χ1v) is 10.8. The van der Waals surface area contributed by atoms with Gasteiger partial charge in [0, 0.05) is 42.8 Å². The van der Waals surface area contributed by atoms with Crippen LogP contribution in [0.4, 0.5) is 5.69 Å². The Bertz CT molecular complexity index is 1050. The number of piperazine rings is 1. The molecule has 0 unspecified atom stereocenters. The first kappa shape index (κ1) is 20.3. The van der Waals surface area contributed by atoms with Crippen LogP contribution in [0.25, 0.3) is 11.3 Å². The van der Waals surface area contributed by atoms with Crippen LogP contribution in [0.3, 0.4) is 0 Å². The maximum Gasteiger partial charge on any atom is 0.289 e. The molecule has 1 saturated heterocycles. The Kier molecular flexibility index (Phi) is 5.96. The van der Waals surface area contributed by atoms with Gasteiger partial charge in [-0.3, -0.25) is 14.5 Å². The summed E-state index contributed by atoms with van der Waals surface area (Å²) in [6, 6.07) is 11.2. The topological polar surface area (TPSA) is 78.7 Å². The van der Waals surface area contributed by atoms with E-state index in [9.17, 15) is 9.59 Å². The van der Waals surface area contributed by atoms with Crippen LogP contribution < -0.4 is 5.32 Å². The van der Waals surface area contributed by atoms with Crippen LogP contribution in [0.15, 0.2) is 46.2 Å². The summed E-state index contributed by atoms with van der Waals surface area (Å²) in [5.41, 5.74) is 2.66. The van der Waals surface area contributed by atoms with Crippen molar-refractivity contribution in [3.8, 4) is 11.3 Å². The van der Waals surface area contributed by atoms with E-state index >= 15 is 0 Å². The molecule has 0 spiro atoms. The highest BCUT2D eigenvalue weighted by Crippen LogP contribution is 2.24. The van der Waals surface area contributed by atoms with Crippen LogP contribution in [-0.4, -0.2) is 59.3 Å². The summed E-state index contributed by atoms with van der Waals surface area (Å²) in [4.78, 5) is 33.3. The number of rotatable bonds is 5. The lowest BCUT2D eigenvalue weighted by Gasteiger charge is -2.33. The SMILES string of the molecule is Cc1ccc(C(=O)N2CCN(CC(=O)Nc3cccc(-c4csc(C)n4)c3)CC2)o1. The second kappa shape index (κ2) is 8.81. The zero-order valence-electron chi connectivity index (χ0n) is 17.1. The van der Waals surface area contributed by atoms with Crippen LogP contribution in [0.2, 0.25) is 0 Å². The number of benzene rings is 1. The van der Waals surface area contributed by atoms with E-state index in [0.29, 0.717) is 38.5 Å². The zero-order valence-corrected chi connectivity index (χ0v) is 17.9. The molecule has 2 aromatic heterocycles. The van der Waals surface area contributed by atoms with Crippen molar-refractivity contribution in [3.63, 3.8) is 0 Å². The second-order valence-corrected chi connectivity index (χ2v) is 8.42. The van der Waals surface area contributed by atoms with Crippen molar-refractivity contribution in [3.05, 3.63) is 58.3 Å². The molecule has 7 nitrogen and oxygen atoms in total. The van der Waals surface area contributed by atoms with E-state index < -0.39 is 0 Å². The molecular weight excluding hydrogens is 400 g/mol. The van der Waals surface area contributed by atoms with Crippen molar-refractivity contribution in [2.45, 2.75) is 13.8 Å². The van der Waals surface area contributed by atoms with Crippen LogP contribution in [0, 0.1) is 13.8 Å². The summed E-state index contributed by atoms with van der Waals surface area (Å²) in [5, 5.41) is 6.00. The van der Waals surface area contributed by atoms with E-state index in [4.69, 9.17) is 4.42 Å². The molecule has 3 aromatic rings. The Morgan fingerprint density at radius 3 is 2.60 bits per heavy atom. The second-order valence-electron chi connectivity index (χ2n) is 7.36. The lowest BCUT2D eigenvalue weighted by atomic mass is 10.1. The molecule has 1 N–H and O–H groups in total. The van der Waals surface area contributed by atoms with Gasteiger partial charge >= 0.3 is 0 Å². The summed E-state index contributed by atoms with van der Waals surface area (Å²) in [6.45, 7) is 6.54. The molecule has 156 valence electrons. The van der Waals surface area contributed by atoms with Gasteiger partial charge < -0.3 is 14.6 Å². The molecule has 0 bridgehead atoms. The molecule has 0 saturated carbocycles. The number of hydrogen-bond acceptors (Lipinski definition) is 6. The van der Waals surface area contributed by atoms with Gasteiger partial charge in [0.25, 0.3) is 5.91 Å². The number of nitrogens with zero attached hydrogens (tertiary/aromatic N) is 3. The van der Waals surface area contributed by atoms with E-state index in [1.807, 2.05) is 43.5 Å². The number of hydrogen-bond donors (Lipinski definition) is 1. The number of nitrogens with one attached hydrogen (secondary N) is 1. The molecule has 8 heteroatoms. The molecule has 1 aliphatic rings. The molecule has 0 aliphatic carbocycles. The monoisotopic (exact) mass is 424 g/mol. The molecule has 0 radical (unpaired) electrons. The number of furan rings is 1. The van der Waals surface area contributed by atoms with Crippen molar-refractivity contribution >= 4 is 28.8 Å². The molecule has 2 amide bonds. The lowest BCUT2D eigenvalue weighted by molar-refractivity contribution is -0.117. The summed E-state index contributed by atoms with van der Waals surface area (Å²) in [7, 11) is 0. The third kappa shape index (κ3) is 4.77. The molecule has 4 rings (SSSR count). The van der Waals surface area contributed by atoms with Gasteiger partial charge in [0.2, 0.25) is 5.91 Å². The molecule has 0 atom stereocenters. The highest BCUT2D eigenvalue weighted by Gasteiger charge is 2.25. The maximum absolute atomic E-state index is 12.5. The maximum atomic E-state index is 12.5. The molecule has 1 fully saturated rings. The average molecular weight is 425 g/mol. The zero-order chi connectivity index (χ0) is 21.1. The number of aromatic nitrogens is 1. The standard InChI is InChI=1S/C22H24N4O3S/c1-15-6-7-20(29-15)22(28)26-10-8-25(9-11-26)13-21(27)24-18-5-3-4-17(12-18)19-14-30-16(2)23-19/h3-7,12,14H,8-11,13H2,1-2H3,(H,24,27). The van der Waals surface area contributed by atoms with E-state index in [2.05, 4.69) is 15.2 Å². The first-order chi connectivity index (χ1) is 14.5. The average Bonchev–Trinajstić information content (AvgIpc) is 3.36. The Balaban J connectivity index is 1.29. The molecule has 30 heavy (non-hydrogen) atoms. The number of carbonyl (C=O) groups is 2. The predicted molar refractivity (Wildman–Crippen MR) is 117 cm³/mol. The Hall–Kier alpha value is -2.97. The highest BCUT2D eigenvalue weighted by molar-refractivity contribution is 7.09. The molecular formula is C22H24N4O3S. The van der Waals surface area contributed by atoms with Crippen LogP contribution >= 0.6 is 11.3 Å². The van der Waals surface area contributed by atoms with Crippen molar-refractivity contribution < 1.29 is 14.0 Å². The quantitative estimate of drug-likeness (QED) is 0.679. The Labute approximate surface area is 179 Å². The van der Waals surface area contributed by atoms with Crippen LogP contribution in [0.1, 0.15) is 21.3 Å². The third-order valence-electron chi connectivity index (χ3n) is 5.04. The van der Waals surface area contributed by atoms with E-state index in [1.54, 1.807) is 28.4 Å². The van der Waals surface area contributed by atoms with Crippen molar-refractivity contribution in [2.75, 3.05) is 38.0 Å². The molecule has 3 heterocycles. The van der Waals surface area contributed by atoms with E-state index in [1.165, 1.54) is 0 Å². The van der Waals surface area contributed by atoms with Crippen molar-refractivity contribution in [1.82, 2.24) is 14.8 Å². The third-order valence-corrected chi connectivity index (χ3v) is 5.81. The van der Waals surface area contributed by atoms with Gasteiger partial charge in [-0.25, -0.2) is 4.98 Å². The van der Waals surface area contributed by atoms with Gasteiger partial charge in [0.1, 0.15) is 5.76 Å². The summed E-state index contributed by atoms with van der Waals surface area (Å²) in [5.74, 6) is 0.931. The number of thiazole rings is 1. The van der Waals surface area contributed by atoms with Crippen LogP contribution in [0.5, 0.6) is 0 Å². The normalized spacial score (nSPS) is 14.7. The summed E-state index contributed by atoms with van der Waals surface area (Å²) < 4.78 is 5.43. The molecule has 1 aliphatic heterocycles.